The Balaban J connectivity index is 0.00000162. The van der Waals surface area contributed by atoms with Gasteiger partial charge in [0.2, 0.25) is 0 Å². The molecule has 2 nitrogen and oxygen atoms in total. The molecule has 0 aliphatic heterocycles. The third kappa shape index (κ3) is 4.60. The van der Waals surface area contributed by atoms with Crippen LogP contribution in [0.25, 0.3) is 0 Å². The Labute approximate surface area is 116 Å². The van der Waals surface area contributed by atoms with E-state index in [-0.39, 0.29) is 18.5 Å². The highest BCUT2D eigenvalue weighted by atomic mass is 35.5. The lowest BCUT2D eigenvalue weighted by atomic mass is 9.86. The van der Waals surface area contributed by atoms with Crippen molar-refractivity contribution in [3.8, 4) is 0 Å². The molecular formula is C15H24ClNO. The van der Waals surface area contributed by atoms with Crippen molar-refractivity contribution in [3.05, 3.63) is 35.9 Å². The van der Waals surface area contributed by atoms with E-state index in [0.717, 1.165) is 19.5 Å². The molecule has 3 heteroatoms. The lowest BCUT2D eigenvalue weighted by molar-refractivity contribution is 0.0502. The molecule has 18 heavy (non-hydrogen) atoms. The molecule has 102 valence electrons. The van der Waals surface area contributed by atoms with Crippen molar-refractivity contribution in [2.75, 3.05) is 13.6 Å². The SMILES string of the molecule is CN(Cc1ccccc1)CC1CCCCC1O.Cl. The molecule has 0 aromatic heterocycles. The highest BCUT2D eigenvalue weighted by molar-refractivity contribution is 5.85. The summed E-state index contributed by atoms with van der Waals surface area (Å²) in [6.45, 7) is 1.99. The van der Waals surface area contributed by atoms with Crippen LogP contribution >= 0.6 is 12.4 Å². The molecule has 0 bridgehead atoms. The third-order valence-corrected chi connectivity index (χ3v) is 3.71. The Hall–Kier alpha value is -0.570. The van der Waals surface area contributed by atoms with E-state index in [2.05, 4.69) is 36.2 Å². The molecular weight excluding hydrogens is 246 g/mol. The summed E-state index contributed by atoms with van der Waals surface area (Å²) < 4.78 is 0. The Morgan fingerprint density at radius 2 is 1.83 bits per heavy atom. The van der Waals surface area contributed by atoms with Gasteiger partial charge in [-0.05, 0) is 31.4 Å². The zero-order chi connectivity index (χ0) is 12.1. The second-order valence-corrected chi connectivity index (χ2v) is 5.29. The topological polar surface area (TPSA) is 23.5 Å². The van der Waals surface area contributed by atoms with Crippen molar-refractivity contribution in [1.82, 2.24) is 4.90 Å². The maximum atomic E-state index is 9.96. The van der Waals surface area contributed by atoms with Crippen LogP contribution in [-0.4, -0.2) is 29.7 Å². The van der Waals surface area contributed by atoms with Crippen molar-refractivity contribution in [2.24, 2.45) is 5.92 Å². The number of hydrogen-bond acceptors (Lipinski definition) is 2. The number of aliphatic hydroxyl groups is 1. The van der Waals surface area contributed by atoms with Crippen molar-refractivity contribution in [1.29, 1.82) is 0 Å². The van der Waals surface area contributed by atoms with Gasteiger partial charge in [-0.3, -0.25) is 0 Å². The van der Waals surface area contributed by atoms with Crippen LogP contribution < -0.4 is 0 Å². The van der Waals surface area contributed by atoms with Gasteiger partial charge in [0.25, 0.3) is 0 Å². The van der Waals surface area contributed by atoms with E-state index < -0.39 is 0 Å². The first-order chi connectivity index (χ1) is 8.25. The molecule has 1 fully saturated rings. The van der Waals surface area contributed by atoms with Crippen molar-refractivity contribution >= 4 is 12.4 Å². The molecule has 1 N–H and O–H groups in total. The molecule has 1 saturated carbocycles. The maximum absolute atomic E-state index is 9.96. The summed E-state index contributed by atoms with van der Waals surface area (Å²) in [6.07, 6.45) is 4.56. The highest BCUT2D eigenvalue weighted by Gasteiger charge is 2.23. The second kappa shape index (κ2) is 7.78. The van der Waals surface area contributed by atoms with E-state index >= 15 is 0 Å². The minimum absolute atomic E-state index is 0. The molecule has 0 heterocycles. The highest BCUT2D eigenvalue weighted by Crippen LogP contribution is 2.25. The lowest BCUT2D eigenvalue weighted by Gasteiger charge is -2.31. The molecule has 0 radical (unpaired) electrons. The van der Waals surface area contributed by atoms with Gasteiger partial charge in [-0.1, -0.05) is 43.2 Å². The number of aliphatic hydroxyl groups excluding tert-OH is 1. The standard InChI is InChI=1S/C15H23NO.ClH/c1-16(11-13-7-3-2-4-8-13)12-14-9-5-6-10-15(14)17;/h2-4,7-8,14-15,17H,5-6,9-12H2,1H3;1H. The molecule has 0 amide bonds. The van der Waals surface area contributed by atoms with Crippen LogP contribution in [0.3, 0.4) is 0 Å². The van der Waals surface area contributed by atoms with Gasteiger partial charge in [-0.15, -0.1) is 12.4 Å². The van der Waals surface area contributed by atoms with Crippen LogP contribution in [0.15, 0.2) is 30.3 Å². The number of benzene rings is 1. The van der Waals surface area contributed by atoms with Crippen LogP contribution in [0.4, 0.5) is 0 Å². The zero-order valence-corrected chi connectivity index (χ0v) is 11.9. The van der Waals surface area contributed by atoms with Crippen LogP contribution in [-0.2, 0) is 6.54 Å². The summed E-state index contributed by atoms with van der Waals surface area (Å²) in [5.74, 6) is 0.470. The average molecular weight is 270 g/mol. The predicted molar refractivity (Wildman–Crippen MR) is 78.0 cm³/mol. The lowest BCUT2D eigenvalue weighted by Crippen LogP contribution is -2.34. The molecule has 1 aromatic carbocycles. The fourth-order valence-electron chi connectivity index (χ4n) is 2.76. The summed E-state index contributed by atoms with van der Waals surface area (Å²) in [5.41, 5.74) is 1.35. The molecule has 2 unspecified atom stereocenters. The predicted octanol–water partition coefficient (Wildman–Crippen LogP) is 3.09. The minimum Gasteiger partial charge on any atom is -0.393 e. The number of rotatable bonds is 4. The van der Waals surface area contributed by atoms with Crippen molar-refractivity contribution in [3.63, 3.8) is 0 Å². The fraction of sp³-hybridized carbons (Fsp3) is 0.600. The molecule has 1 aliphatic carbocycles. The zero-order valence-electron chi connectivity index (χ0n) is 11.1. The first-order valence-corrected chi connectivity index (χ1v) is 6.66. The summed E-state index contributed by atoms with van der Waals surface area (Å²) >= 11 is 0. The summed E-state index contributed by atoms with van der Waals surface area (Å²) in [6, 6.07) is 10.5. The van der Waals surface area contributed by atoms with Gasteiger partial charge in [0.15, 0.2) is 0 Å². The van der Waals surface area contributed by atoms with Crippen LogP contribution in [0.1, 0.15) is 31.2 Å². The van der Waals surface area contributed by atoms with Crippen LogP contribution in [0.2, 0.25) is 0 Å². The molecule has 0 spiro atoms. The van der Waals surface area contributed by atoms with Gasteiger partial charge in [0.1, 0.15) is 0 Å². The van der Waals surface area contributed by atoms with Gasteiger partial charge < -0.3 is 10.0 Å². The smallest absolute Gasteiger partial charge is 0.0580 e. The Bertz CT molecular complexity index is 331. The molecule has 2 atom stereocenters. The third-order valence-electron chi connectivity index (χ3n) is 3.71. The minimum atomic E-state index is -0.0815. The largest absolute Gasteiger partial charge is 0.393 e. The van der Waals surface area contributed by atoms with E-state index in [1.807, 2.05) is 6.07 Å². The summed E-state index contributed by atoms with van der Waals surface area (Å²) in [4.78, 5) is 2.33. The first kappa shape index (κ1) is 15.5. The number of hydrogen-bond donors (Lipinski definition) is 1. The Morgan fingerprint density at radius 1 is 1.17 bits per heavy atom. The van der Waals surface area contributed by atoms with E-state index in [1.54, 1.807) is 0 Å². The maximum Gasteiger partial charge on any atom is 0.0580 e. The van der Waals surface area contributed by atoms with Crippen molar-refractivity contribution < 1.29 is 5.11 Å². The fourth-order valence-corrected chi connectivity index (χ4v) is 2.76. The quantitative estimate of drug-likeness (QED) is 0.908. The van der Waals surface area contributed by atoms with Gasteiger partial charge in [-0.2, -0.15) is 0 Å². The molecule has 2 rings (SSSR count). The molecule has 1 aromatic rings. The van der Waals surface area contributed by atoms with E-state index in [1.165, 1.54) is 24.8 Å². The molecule has 0 saturated heterocycles. The van der Waals surface area contributed by atoms with Gasteiger partial charge in [0.05, 0.1) is 6.10 Å². The van der Waals surface area contributed by atoms with Crippen molar-refractivity contribution in [2.45, 2.75) is 38.3 Å². The Kier molecular flexibility index (Phi) is 6.69. The van der Waals surface area contributed by atoms with E-state index in [4.69, 9.17) is 0 Å². The normalized spacial score (nSPS) is 23.7. The average Bonchev–Trinajstić information content (AvgIpc) is 2.33. The second-order valence-electron chi connectivity index (χ2n) is 5.29. The van der Waals surface area contributed by atoms with Gasteiger partial charge in [0, 0.05) is 13.1 Å². The Morgan fingerprint density at radius 3 is 2.50 bits per heavy atom. The van der Waals surface area contributed by atoms with Crippen LogP contribution in [0.5, 0.6) is 0 Å². The van der Waals surface area contributed by atoms with E-state index in [0.29, 0.717) is 5.92 Å². The van der Waals surface area contributed by atoms with E-state index in [9.17, 15) is 5.11 Å². The first-order valence-electron chi connectivity index (χ1n) is 6.66. The van der Waals surface area contributed by atoms with Gasteiger partial charge >= 0.3 is 0 Å². The molecule has 1 aliphatic rings. The summed E-state index contributed by atoms with van der Waals surface area (Å²) in [5, 5.41) is 9.96. The summed E-state index contributed by atoms with van der Waals surface area (Å²) in [7, 11) is 2.15. The monoisotopic (exact) mass is 269 g/mol. The number of halogens is 1. The van der Waals surface area contributed by atoms with Crippen LogP contribution in [0, 0.1) is 5.92 Å². The number of nitrogens with zero attached hydrogens (tertiary/aromatic N) is 1. The van der Waals surface area contributed by atoms with Gasteiger partial charge in [-0.25, -0.2) is 0 Å².